The normalized spacial score (nSPS) is 18.2. The number of hydrogen-bond acceptors (Lipinski definition) is 3. The van der Waals surface area contributed by atoms with Crippen LogP contribution in [-0.2, 0) is 24.2 Å². The maximum atomic E-state index is 11.8. The highest BCUT2D eigenvalue weighted by molar-refractivity contribution is 5.80. The van der Waals surface area contributed by atoms with Crippen molar-refractivity contribution in [2.45, 2.75) is 25.4 Å². The summed E-state index contributed by atoms with van der Waals surface area (Å²) in [6.07, 6.45) is 5.20. The SMILES string of the molecule is NC(=O)[C@@H]1Cc2ccccc2CN1CCc1ccncc1. The predicted octanol–water partition coefficient (Wildman–Crippen LogP) is 1.54. The molecule has 4 nitrogen and oxygen atoms in total. The van der Waals surface area contributed by atoms with Gasteiger partial charge < -0.3 is 5.73 Å². The van der Waals surface area contributed by atoms with Gasteiger partial charge in [0.1, 0.15) is 0 Å². The largest absolute Gasteiger partial charge is 0.368 e. The fraction of sp³-hybridized carbons (Fsp3) is 0.294. The second-order valence-corrected chi connectivity index (χ2v) is 5.47. The van der Waals surface area contributed by atoms with Crippen LogP contribution in [0.25, 0.3) is 0 Å². The summed E-state index contributed by atoms with van der Waals surface area (Å²) in [5, 5.41) is 0. The number of aromatic nitrogens is 1. The molecular formula is C17H19N3O. The molecule has 1 aliphatic rings. The molecule has 0 spiro atoms. The molecule has 0 fully saturated rings. The van der Waals surface area contributed by atoms with E-state index in [2.05, 4.69) is 22.0 Å². The van der Waals surface area contributed by atoms with Crippen molar-refractivity contribution in [3.63, 3.8) is 0 Å². The van der Waals surface area contributed by atoms with E-state index in [0.717, 1.165) is 19.5 Å². The van der Waals surface area contributed by atoms with Gasteiger partial charge >= 0.3 is 0 Å². The number of amides is 1. The molecule has 0 aliphatic carbocycles. The molecule has 2 aromatic rings. The van der Waals surface area contributed by atoms with Crippen LogP contribution in [0, 0.1) is 0 Å². The molecule has 1 atom stereocenters. The zero-order valence-electron chi connectivity index (χ0n) is 11.9. The molecule has 0 saturated carbocycles. The van der Waals surface area contributed by atoms with E-state index >= 15 is 0 Å². The molecule has 21 heavy (non-hydrogen) atoms. The maximum absolute atomic E-state index is 11.8. The third kappa shape index (κ3) is 3.11. The molecule has 0 radical (unpaired) electrons. The highest BCUT2D eigenvalue weighted by Crippen LogP contribution is 2.23. The Morgan fingerprint density at radius 2 is 1.90 bits per heavy atom. The molecular weight excluding hydrogens is 262 g/mol. The van der Waals surface area contributed by atoms with Crippen molar-refractivity contribution in [1.29, 1.82) is 0 Å². The van der Waals surface area contributed by atoms with Gasteiger partial charge in [-0.15, -0.1) is 0 Å². The number of primary amides is 1. The number of nitrogens with zero attached hydrogens (tertiary/aromatic N) is 2. The summed E-state index contributed by atoms with van der Waals surface area (Å²) in [6.45, 7) is 1.61. The standard InChI is InChI=1S/C17H19N3O/c18-17(21)16-11-14-3-1-2-4-15(14)12-20(16)10-7-13-5-8-19-9-6-13/h1-6,8-9,16H,7,10-12H2,(H2,18,21)/t16-/m0/s1. The lowest BCUT2D eigenvalue weighted by atomic mass is 9.93. The van der Waals surface area contributed by atoms with Gasteiger partial charge in [-0.05, 0) is 41.7 Å². The summed E-state index contributed by atoms with van der Waals surface area (Å²) in [6, 6.07) is 12.1. The summed E-state index contributed by atoms with van der Waals surface area (Å²) >= 11 is 0. The average Bonchev–Trinajstić information content (AvgIpc) is 2.53. The molecule has 1 aliphatic heterocycles. The van der Waals surface area contributed by atoms with Crippen LogP contribution in [0.3, 0.4) is 0 Å². The second-order valence-electron chi connectivity index (χ2n) is 5.47. The predicted molar refractivity (Wildman–Crippen MR) is 81.5 cm³/mol. The third-order valence-electron chi connectivity index (χ3n) is 4.11. The lowest BCUT2D eigenvalue weighted by Gasteiger charge is -2.35. The molecule has 2 heterocycles. The first-order valence-corrected chi connectivity index (χ1v) is 7.23. The minimum absolute atomic E-state index is 0.207. The Hall–Kier alpha value is -2.20. The number of hydrogen-bond donors (Lipinski definition) is 1. The van der Waals surface area contributed by atoms with E-state index in [1.165, 1.54) is 16.7 Å². The molecule has 1 aromatic heterocycles. The van der Waals surface area contributed by atoms with Crippen LogP contribution >= 0.6 is 0 Å². The first kappa shape index (κ1) is 13.8. The van der Waals surface area contributed by atoms with Gasteiger partial charge in [0.25, 0.3) is 0 Å². The maximum Gasteiger partial charge on any atom is 0.235 e. The van der Waals surface area contributed by atoms with Gasteiger partial charge in [0.2, 0.25) is 5.91 Å². The minimum atomic E-state index is -0.237. The molecule has 3 rings (SSSR count). The lowest BCUT2D eigenvalue weighted by molar-refractivity contribution is -0.123. The van der Waals surface area contributed by atoms with Crippen LogP contribution in [0.1, 0.15) is 16.7 Å². The Kier molecular flexibility index (Phi) is 3.97. The van der Waals surface area contributed by atoms with Crippen molar-refractivity contribution in [1.82, 2.24) is 9.88 Å². The number of fused-ring (bicyclic) bond motifs is 1. The first-order chi connectivity index (χ1) is 10.2. The van der Waals surface area contributed by atoms with E-state index in [1.54, 1.807) is 12.4 Å². The Morgan fingerprint density at radius 3 is 2.62 bits per heavy atom. The summed E-state index contributed by atoms with van der Waals surface area (Å²) in [5.41, 5.74) is 9.36. The van der Waals surface area contributed by atoms with Gasteiger partial charge in [0.15, 0.2) is 0 Å². The molecule has 1 aromatic carbocycles. The van der Waals surface area contributed by atoms with E-state index in [9.17, 15) is 4.79 Å². The van der Waals surface area contributed by atoms with Crippen LogP contribution < -0.4 is 5.73 Å². The summed E-state index contributed by atoms with van der Waals surface area (Å²) in [5.74, 6) is -0.237. The van der Waals surface area contributed by atoms with Crippen LogP contribution in [0.5, 0.6) is 0 Å². The first-order valence-electron chi connectivity index (χ1n) is 7.23. The lowest BCUT2D eigenvalue weighted by Crippen LogP contribution is -2.49. The van der Waals surface area contributed by atoms with Gasteiger partial charge in [-0.3, -0.25) is 14.7 Å². The Balaban J connectivity index is 1.75. The van der Waals surface area contributed by atoms with Gasteiger partial charge in [-0.25, -0.2) is 0 Å². The van der Waals surface area contributed by atoms with Crippen molar-refractivity contribution in [2.24, 2.45) is 5.73 Å². The molecule has 2 N–H and O–H groups in total. The van der Waals surface area contributed by atoms with Gasteiger partial charge in [-0.1, -0.05) is 24.3 Å². The van der Waals surface area contributed by atoms with Crippen molar-refractivity contribution in [2.75, 3.05) is 6.54 Å². The van der Waals surface area contributed by atoms with Crippen LogP contribution in [-0.4, -0.2) is 28.4 Å². The molecule has 108 valence electrons. The zero-order chi connectivity index (χ0) is 14.7. The van der Waals surface area contributed by atoms with Crippen molar-refractivity contribution < 1.29 is 4.79 Å². The average molecular weight is 281 g/mol. The van der Waals surface area contributed by atoms with Gasteiger partial charge in [0.05, 0.1) is 6.04 Å². The Labute approximate surface area is 124 Å². The summed E-state index contributed by atoms with van der Waals surface area (Å²) in [7, 11) is 0. The highest BCUT2D eigenvalue weighted by Gasteiger charge is 2.29. The number of nitrogens with two attached hydrogens (primary N) is 1. The van der Waals surface area contributed by atoms with E-state index in [1.807, 2.05) is 24.3 Å². The Bertz CT molecular complexity index is 627. The summed E-state index contributed by atoms with van der Waals surface area (Å²) < 4.78 is 0. The smallest absolute Gasteiger partial charge is 0.235 e. The second kappa shape index (κ2) is 6.06. The molecule has 0 bridgehead atoms. The number of benzene rings is 1. The molecule has 0 unspecified atom stereocenters. The van der Waals surface area contributed by atoms with E-state index < -0.39 is 0 Å². The fourth-order valence-corrected chi connectivity index (χ4v) is 2.91. The van der Waals surface area contributed by atoms with Crippen molar-refractivity contribution in [3.8, 4) is 0 Å². The minimum Gasteiger partial charge on any atom is -0.368 e. The van der Waals surface area contributed by atoms with Gasteiger partial charge in [0, 0.05) is 25.5 Å². The number of rotatable bonds is 4. The highest BCUT2D eigenvalue weighted by atomic mass is 16.1. The third-order valence-corrected chi connectivity index (χ3v) is 4.11. The fourth-order valence-electron chi connectivity index (χ4n) is 2.91. The van der Waals surface area contributed by atoms with E-state index in [0.29, 0.717) is 6.42 Å². The van der Waals surface area contributed by atoms with Crippen molar-refractivity contribution >= 4 is 5.91 Å². The van der Waals surface area contributed by atoms with E-state index in [-0.39, 0.29) is 11.9 Å². The van der Waals surface area contributed by atoms with Crippen LogP contribution in [0.2, 0.25) is 0 Å². The van der Waals surface area contributed by atoms with Crippen LogP contribution in [0.15, 0.2) is 48.8 Å². The topological polar surface area (TPSA) is 59.2 Å². The number of carbonyl (C=O) groups is 1. The quantitative estimate of drug-likeness (QED) is 0.924. The monoisotopic (exact) mass is 281 g/mol. The number of carbonyl (C=O) groups excluding carboxylic acids is 1. The zero-order valence-corrected chi connectivity index (χ0v) is 11.9. The van der Waals surface area contributed by atoms with E-state index in [4.69, 9.17) is 5.73 Å². The van der Waals surface area contributed by atoms with Gasteiger partial charge in [-0.2, -0.15) is 0 Å². The Morgan fingerprint density at radius 1 is 1.19 bits per heavy atom. The molecule has 0 saturated heterocycles. The summed E-state index contributed by atoms with van der Waals surface area (Å²) in [4.78, 5) is 18.0. The van der Waals surface area contributed by atoms with Crippen molar-refractivity contribution in [3.05, 3.63) is 65.5 Å². The molecule has 1 amide bonds. The number of pyridine rings is 1. The van der Waals surface area contributed by atoms with Crippen LogP contribution in [0.4, 0.5) is 0 Å². The molecule has 4 heteroatoms.